The summed E-state index contributed by atoms with van der Waals surface area (Å²) in [4.78, 5) is 12.6. The number of ether oxygens (including phenoxy) is 2. The van der Waals surface area contributed by atoms with E-state index in [1.54, 1.807) is 0 Å². The molecule has 3 aromatic rings. The van der Waals surface area contributed by atoms with Gasteiger partial charge in [0.25, 0.3) is 0 Å². The lowest BCUT2D eigenvalue weighted by Gasteiger charge is -2.33. The lowest BCUT2D eigenvalue weighted by atomic mass is 9.94. The van der Waals surface area contributed by atoms with Crippen LogP contribution in [0.1, 0.15) is 27.6 Å². The van der Waals surface area contributed by atoms with Gasteiger partial charge in [-0.3, -0.25) is 0 Å². The number of esters is 1. The number of fused-ring (bicyclic) bond motifs is 1. The number of carbonyl (C=O) groups excluding carboxylic acids is 1. The largest absolute Gasteiger partial charge is 0.504 e. The molecule has 0 spiro atoms. The van der Waals surface area contributed by atoms with Crippen LogP contribution in [0.15, 0.2) is 66.7 Å². The topological polar surface area (TPSA) is 96.2 Å². The zero-order chi connectivity index (χ0) is 19.7. The third-order valence-corrected chi connectivity index (χ3v) is 4.68. The molecular formula is C22H18O6. The zero-order valence-electron chi connectivity index (χ0n) is 14.8. The van der Waals surface area contributed by atoms with E-state index in [0.717, 1.165) is 29.0 Å². The number of carbonyl (C=O) groups is 1. The summed E-state index contributed by atoms with van der Waals surface area (Å²) in [5.41, 5.74) is 1.72. The third kappa shape index (κ3) is 3.32. The van der Waals surface area contributed by atoms with E-state index in [1.807, 2.05) is 54.6 Å². The Labute approximate surface area is 161 Å². The van der Waals surface area contributed by atoms with Gasteiger partial charge >= 0.3 is 5.97 Å². The van der Waals surface area contributed by atoms with E-state index in [-0.39, 0.29) is 5.56 Å². The van der Waals surface area contributed by atoms with Crippen molar-refractivity contribution in [2.75, 3.05) is 0 Å². The lowest BCUT2D eigenvalue weighted by molar-refractivity contribution is -0.0183. The number of phenols is 3. The van der Waals surface area contributed by atoms with E-state index in [2.05, 4.69) is 0 Å². The monoisotopic (exact) mass is 378 g/mol. The van der Waals surface area contributed by atoms with E-state index in [1.165, 1.54) is 0 Å². The van der Waals surface area contributed by atoms with Crippen molar-refractivity contribution in [3.63, 3.8) is 0 Å². The van der Waals surface area contributed by atoms with Crippen LogP contribution in [0.25, 0.3) is 0 Å². The van der Waals surface area contributed by atoms with Gasteiger partial charge < -0.3 is 24.8 Å². The molecule has 3 N–H and O–H groups in total. The molecule has 1 aliphatic rings. The molecular weight excluding hydrogens is 360 g/mol. The number of phenolic OH excluding ortho intramolecular Hbond substituents is 3. The lowest BCUT2D eigenvalue weighted by Crippen LogP contribution is -2.34. The standard InChI is InChI=1S/C22H18O6/c23-16-10-15(11-17(24)20(16)25)22(26)28-19-12-14-8-4-5-9-18(14)27-21(19)13-6-2-1-3-7-13/h1-11,19,21,23-25H,12H2. The summed E-state index contributed by atoms with van der Waals surface area (Å²) in [6.07, 6.45) is -0.653. The molecule has 0 fully saturated rings. The van der Waals surface area contributed by atoms with Gasteiger partial charge in [0.15, 0.2) is 23.4 Å². The molecule has 0 radical (unpaired) electrons. The highest BCUT2D eigenvalue weighted by molar-refractivity contribution is 5.91. The zero-order valence-corrected chi connectivity index (χ0v) is 14.8. The van der Waals surface area contributed by atoms with Crippen molar-refractivity contribution < 1.29 is 29.6 Å². The predicted octanol–water partition coefficient (Wildman–Crippen LogP) is 3.71. The van der Waals surface area contributed by atoms with Crippen LogP contribution in [0.2, 0.25) is 0 Å². The fraction of sp³-hybridized carbons (Fsp3) is 0.136. The SMILES string of the molecule is O=C(OC1Cc2ccccc2OC1c1ccccc1)c1cc(O)c(O)c(O)c1. The minimum atomic E-state index is -0.737. The quantitative estimate of drug-likeness (QED) is 0.475. The molecule has 3 aromatic carbocycles. The summed E-state index contributed by atoms with van der Waals surface area (Å²) in [5.74, 6) is -1.88. The molecule has 0 saturated heterocycles. The second-order valence-corrected chi connectivity index (χ2v) is 6.57. The Morgan fingerprint density at radius 2 is 1.57 bits per heavy atom. The Kier molecular flexibility index (Phi) is 4.53. The number of hydrogen-bond donors (Lipinski definition) is 3. The maximum atomic E-state index is 12.6. The molecule has 0 bridgehead atoms. The maximum absolute atomic E-state index is 12.6. The van der Waals surface area contributed by atoms with E-state index < -0.39 is 35.4 Å². The summed E-state index contributed by atoms with van der Waals surface area (Å²) in [5, 5.41) is 28.8. The molecule has 2 unspecified atom stereocenters. The Balaban J connectivity index is 1.65. The first-order chi connectivity index (χ1) is 13.5. The molecule has 142 valence electrons. The van der Waals surface area contributed by atoms with Gasteiger partial charge in [-0.05, 0) is 29.3 Å². The molecule has 6 heteroatoms. The van der Waals surface area contributed by atoms with Crippen LogP contribution < -0.4 is 4.74 Å². The summed E-state index contributed by atoms with van der Waals surface area (Å²) in [6, 6.07) is 19.1. The van der Waals surface area contributed by atoms with E-state index in [9.17, 15) is 20.1 Å². The number of rotatable bonds is 3. The van der Waals surface area contributed by atoms with Crippen molar-refractivity contribution >= 4 is 5.97 Å². The normalized spacial score (nSPS) is 18.0. The third-order valence-electron chi connectivity index (χ3n) is 4.68. The number of aromatic hydroxyl groups is 3. The second-order valence-electron chi connectivity index (χ2n) is 6.57. The first-order valence-electron chi connectivity index (χ1n) is 8.78. The van der Waals surface area contributed by atoms with Crippen LogP contribution in [0.4, 0.5) is 0 Å². The first-order valence-corrected chi connectivity index (χ1v) is 8.78. The minimum absolute atomic E-state index is 0.0709. The summed E-state index contributed by atoms with van der Waals surface area (Å²) >= 11 is 0. The highest BCUT2D eigenvalue weighted by Crippen LogP contribution is 2.38. The van der Waals surface area contributed by atoms with Gasteiger partial charge in [-0.2, -0.15) is 0 Å². The van der Waals surface area contributed by atoms with E-state index in [4.69, 9.17) is 9.47 Å². The van der Waals surface area contributed by atoms with Crippen LogP contribution in [0, 0.1) is 0 Å². The fourth-order valence-corrected chi connectivity index (χ4v) is 3.28. The maximum Gasteiger partial charge on any atom is 0.338 e. The highest BCUT2D eigenvalue weighted by Gasteiger charge is 2.34. The van der Waals surface area contributed by atoms with Gasteiger partial charge in [-0.1, -0.05) is 48.5 Å². The van der Waals surface area contributed by atoms with Gasteiger partial charge in [0.1, 0.15) is 11.9 Å². The Bertz CT molecular complexity index is 992. The molecule has 0 saturated carbocycles. The van der Waals surface area contributed by atoms with Gasteiger partial charge in [0, 0.05) is 6.42 Å². The molecule has 1 aliphatic heterocycles. The number of benzene rings is 3. The highest BCUT2D eigenvalue weighted by atomic mass is 16.6. The molecule has 2 atom stereocenters. The van der Waals surface area contributed by atoms with Crippen LogP contribution >= 0.6 is 0 Å². The van der Waals surface area contributed by atoms with Crippen LogP contribution in [0.3, 0.4) is 0 Å². The molecule has 0 aromatic heterocycles. The van der Waals surface area contributed by atoms with Gasteiger partial charge in [-0.25, -0.2) is 4.79 Å². The van der Waals surface area contributed by atoms with Crippen LogP contribution in [-0.4, -0.2) is 27.4 Å². The summed E-state index contributed by atoms with van der Waals surface area (Å²) in [7, 11) is 0. The molecule has 0 aliphatic carbocycles. The van der Waals surface area contributed by atoms with Gasteiger partial charge in [0.05, 0.1) is 5.56 Å². The van der Waals surface area contributed by atoms with Crippen molar-refractivity contribution in [3.05, 3.63) is 83.4 Å². The predicted molar refractivity (Wildman–Crippen MR) is 101 cm³/mol. The first kappa shape index (κ1) is 17.7. The number of hydrogen-bond acceptors (Lipinski definition) is 6. The average Bonchev–Trinajstić information content (AvgIpc) is 2.71. The smallest absolute Gasteiger partial charge is 0.338 e. The molecule has 0 amide bonds. The fourth-order valence-electron chi connectivity index (χ4n) is 3.28. The average molecular weight is 378 g/mol. The Morgan fingerprint density at radius 1 is 0.929 bits per heavy atom. The van der Waals surface area contributed by atoms with Gasteiger partial charge in [-0.15, -0.1) is 0 Å². The van der Waals surface area contributed by atoms with Crippen LogP contribution in [-0.2, 0) is 11.2 Å². The van der Waals surface area contributed by atoms with Crippen molar-refractivity contribution in [2.45, 2.75) is 18.6 Å². The van der Waals surface area contributed by atoms with Crippen molar-refractivity contribution in [1.29, 1.82) is 0 Å². The Hall–Kier alpha value is -3.67. The molecule has 6 nitrogen and oxygen atoms in total. The van der Waals surface area contributed by atoms with Crippen LogP contribution in [0.5, 0.6) is 23.0 Å². The van der Waals surface area contributed by atoms with E-state index in [0.29, 0.717) is 6.42 Å². The molecule has 1 heterocycles. The van der Waals surface area contributed by atoms with Crippen molar-refractivity contribution in [1.82, 2.24) is 0 Å². The summed E-state index contributed by atoms with van der Waals surface area (Å²) in [6.45, 7) is 0. The summed E-state index contributed by atoms with van der Waals surface area (Å²) < 4.78 is 11.8. The van der Waals surface area contributed by atoms with Gasteiger partial charge in [0.2, 0.25) is 0 Å². The second kappa shape index (κ2) is 7.15. The number of para-hydroxylation sites is 1. The molecule has 28 heavy (non-hydrogen) atoms. The van der Waals surface area contributed by atoms with E-state index >= 15 is 0 Å². The minimum Gasteiger partial charge on any atom is -0.504 e. The molecule has 4 rings (SSSR count). The van der Waals surface area contributed by atoms with Crippen molar-refractivity contribution in [3.8, 4) is 23.0 Å². The van der Waals surface area contributed by atoms with Crippen molar-refractivity contribution in [2.24, 2.45) is 0 Å². The Morgan fingerprint density at radius 3 is 2.29 bits per heavy atom.